The van der Waals surface area contributed by atoms with Crippen molar-refractivity contribution < 1.29 is 19.1 Å². The second-order valence-corrected chi connectivity index (χ2v) is 7.02. The molecule has 0 aliphatic heterocycles. The van der Waals surface area contributed by atoms with Gasteiger partial charge < -0.3 is 14.8 Å². The third-order valence-electron chi connectivity index (χ3n) is 4.92. The Hall–Kier alpha value is -1.88. The molecular formula is C21H31NO4. The summed E-state index contributed by atoms with van der Waals surface area (Å²) < 4.78 is 10.5. The van der Waals surface area contributed by atoms with Crippen molar-refractivity contribution >= 4 is 11.9 Å². The van der Waals surface area contributed by atoms with Gasteiger partial charge in [-0.25, -0.2) is 4.79 Å². The summed E-state index contributed by atoms with van der Waals surface area (Å²) in [5.74, 6) is 0.0473. The van der Waals surface area contributed by atoms with E-state index in [0.717, 1.165) is 18.4 Å². The van der Waals surface area contributed by atoms with E-state index in [1.165, 1.54) is 26.4 Å². The minimum absolute atomic E-state index is 0.112. The molecule has 0 radical (unpaired) electrons. The van der Waals surface area contributed by atoms with Gasteiger partial charge in [-0.3, -0.25) is 4.79 Å². The lowest BCUT2D eigenvalue weighted by Gasteiger charge is -2.25. The van der Waals surface area contributed by atoms with Gasteiger partial charge in [0.1, 0.15) is 6.04 Å². The van der Waals surface area contributed by atoms with Gasteiger partial charge in [0.05, 0.1) is 13.7 Å². The van der Waals surface area contributed by atoms with E-state index in [2.05, 4.69) is 5.32 Å². The predicted octanol–water partition coefficient (Wildman–Crippen LogP) is 3.61. The van der Waals surface area contributed by atoms with Crippen LogP contribution in [0.3, 0.4) is 0 Å². The Kier molecular flexibility index (Phi) is 9.18. The van der Waals surface area contributed by atoms with Crippen LogP contribution < -0.4 is 5.32 Å². The molecule has 1 aromatic carbocycles. The van der Waals surface area contributed by atoms with E-state index >= 15 is 0 Å². The second-order valence-electron chi connectivity index (χ2n) is 7.02. The van der Waals surface area contributed by atoms with Crippen molar-refractivity contribution in [3.63, 3.8) is 0 Å². The molecule has 0 unspecified atom stereocenters. The first-order valence-corrected chi connectivity index (χ1v) is 9.68. The highest BCUT2D eigenvalue weighted by Gasteiger charge is 2.26. The molecule has 1 amide bonds. The highest BCUT2D eigenvalue weighted by molar-refractivity contribution is 5.84. The maximum atomic E-state index is 12.2. The van der Waals surface area contributed by atoms with Crippen LogP contribution in [-0.2, 0) is 25.7 Å². The molecule has 1 aliphatic carbocycles. The number of carbonyl (C=O) groups excluding carboxylic acids is 2. The molecule has 26 heavy (non-hydrogen) atoms. The van der Waals surface area contributed by atoms with Gasteiger partial charge in [0.15, 0.2) is 0 Å². The number of rotatable bonds is 10. The number of nitrogens with one attached hydrogen (secondary N) is 1. The molecule has 1 saturated carbocycles. The summed E-state index contributed by atoms with van der Waals surface area (Å²) in [6.07, 6.45) is 7.64. The van der Waals surface area contributed by atoms with Gasteiger partial charge >= 0.3 is 5.97 Å². The monoisotopic (exact) mass is 361 g/mol. The number of carbonyl (C=O) groups is 2. The lowest BCUT2D eigenvalue weighted by atomic mass is 9.85. The molecule has 2 rings (SSSR count). The summed E-state index contributed by atoms with van der Waals surface area (Å²) in [4.78, 5) is 24.2. The van der Waals surface area contributed by atoms with Crippen LogP contribution in [0.5, 0.6) is 0 Å². The summed E-state index contributed by atoms with van der Waals surface area (Å²) in [6, 6.07) is 9.42. The van der Waals surface area contributed by atoms with Crippen molar-refractivity contribution in [1.82, 2.24) is 5.32 Å². The van der Waals surface area contributed by atoms with E-state index in [-0.39, 0.29) is 11.9 Å². The number of esters is 1. The minimum atomic E-state index is -0.527. The molecule has 0 aromatic heterocycles. The van der Waals surface area contributed by atoms with Crippen LogP contribution in [0.1, 0.15) is 56.9 Å². The Bertz CT molecular complexity index is 540. The van der Waals surface area contributed by atoms with Crippen LogP contribution in [0.15, 0.2) is 30.3 Å². The van der Waals surface area contributed by atoms with E-state index in [1.54, 1.807) is 0 Å². The van der Waals surface area contributed by atoms with E-state index in [1.807, 2.05) is 30.3 Å². The van der Waals surface area contributed by atoms with Crippen molar-refractivity contribution in [1.29, 1.82) is 0 Å². The molecule has 0 bridgehead atoms. The van der Waals surface area contributed by atoms with E-state index in [4.69, 9.17) is 9.47 Å². The van der Waals surface area contributed by atoms with Crippen LogP contribution in [0, 0.1) is 5.92 Å². The summed E-state index contributed by atoms with van der Waals surface area (Å²) in [5, 5.41) is 2.85. The van der Waals surface area contributed by atoms with Crippen LogP contribution in [0.2, 0.25) is 0 Å². The van der Waals surface area contributed by atoms with Crippen LogP contribution in [0.4, 0.5) is 0 Å². The fourth-order valence-corrected chi connectivity index (χ4v) is 3.48. The zero-order valence-electron chi connectivity index (χ0n) is 15.7. The SMILES string of the molecule is COC(=O)[C@@H](CC1CCCCC1)NC(=O)CCCOCc1ccccc1. The fourth-order valence-electron chi connectivity index (χ4n) is 3.48. The Morgan fingerprint density at radius 2 is 1.88 bits per heavy atom. The first-order chi connectivity index (χ1) is 12.7. The van der Waals surface area contributed by atoms with Crippen LogP contribution >= 0.6 is 0 Å². The average Bonchev–Trinajstić information content (AvgIpc) is 2.68. The molecular weight excluding hydrogens is 330 g/mol. The van der Waals surface area contributed by atoms with Crippen molar-refractivity contribution in [3.8, 4) is 0 Å². The molecule has 1 aliphatic rings. The lowest BCUT2D eigenvalue weighted by molar-refractivity contribution is -0.145. The summed E-state index contributed by atoms with van der Waals surface area (Å²) in [5.41, 5.74) is 1.12. The topological polar surface area (TPSA) is 64.6 Å². The third-order valence-corrected chi connectivity index (χ3v) is 4.92. The normalized spacial score (nSPS) is 16.0. The van der Waals surface area contributed by atoms with Crippen molar-refractivity contribution in [2.24, 2.45) is 5.92 Å². The van der Waals surface area contributed by atoms with Crippen LogP contribution in [-0.4, -0.2) is 31.6 Å². The van der Waals surface area contributed by atoms with Crippen molar-refractivity contribution in [3.05, 3.63) is 35.9 Å². The quantitative estimate of drug-likeness (QED) is 0.511. The molecule has 1 N–H and O–H groups in total. The molecule has 0 spiro atoms. The van der Waals surface area contributed by atoms with Crippen molar-refractivity contribution in [2.75, 3.05) is 13.7 Å². The van der Waals surface area contributed by atoms with E-state index < -0.39 is 6.04 Å². The Balaban J connectivity index is 1.66. The highest BCUT2D eigenvalue weighted by Crippen LogP contribution is 2.27. The predicted molar refractivity (Wildman–Crippen MR) is 100 cm³/mol. The first kappa shape index (κ1) is 20.4. The highest BCUT2D eigenvalue weighted by atomic mass is 16.5. The number of hydrogen-bond acceptors (Lipinski definition) is 4. The molecule has 5 nitrogen and oxygen atoms in total. The molecule has 1 fully saturated rings. The third kappa shape index (κ3) is 7.56. The van der Waals surface area contributed by atoms with Crippen molar-refractivity contribution in [2.45, 2.75) is 64.0 Å². The van der Waals surface area contributed by atoms with Gasteiger partial charge in [-0.1, -0.05) is 62.4 Å². The molecule has 0 heterocycles. The maximum absolute atomic E-state index is 12.2. The van der Waals surface area contributed by atoms with E-state index in [9.17, 15) is 9.59 Å². The van der Waals surface area contributed by atoms with Crippen LogP contribution in [0.25, 0.3) is 0 Å². The Morgan fingerprint density at radius 1 is 1.15 bits per heavy atom. The number of benzene rings is 1. The molecule has 0 saturated heterocycles. The summed E-state index contributed by atoms with van der Waals surface area (Å²) >= 11 is 0. The van der Waals surface area contributed by atoms with Gasteiger partial charge in [0.2, 0.25) is 5.91 Å². The number of methoxy groups -OCH3 is 1. The number of ether oxygens (including phenoxy) is 2. The Labute approximate surface area is 156 Å². The molecule has 1 aromatic rings. The van der Waals surface area contributed by atoms with Gasteiger partial charge in [0.25, 0.3) is 0 Å². The lowest BCUT2D eigenvalue weighted by Crippen LogP contribution is -2.43. The molecule has 144 valence electrons. The average molecular weight is 361 g/mol. The zero-order valence-corrected chi connectivity index (χ0v) is 15.7. The molecule has 5 heteroatoms. The van der Waals surface area contributed by atoms with Gasteiger partial charge in [0, 0.05) is 13.0 Å². The second kappa shape index (κ2) is 11.7. The Morgan fingerprint density at radius 3 is 2.58 bits per heavy atom. The maximum Gasteiger partial charge on any atom is 0.328 e. The van der Waals surface area contributed by atoms with Gasteiger partial charge in [-0.15, -0.1) is 0 Å². The summed E-state index contributed by atoms with van der Waals surface area (Å²) in [7, 11) is 1.37. The zero-order chi connectivity index (χ0) is 18.6. The van der Waals surface area contributed by atoms with Gasteiger partial charge in [-0.2, -0.15) is 0 Å². The fraction of sp³-hybridized carbons (Fsp3) is 0.619. The largest absolute Gasteiger partial charge is 0.467 e. The molecule has 1 atom stereocenters. The van der Waals surface area contributed by atoms with E-state index in [0.29, 0.717) is 38.4 Å². The van der Waals surface area contributed by atoms with Gasteiger partial charge in [-0.05, 0) is 24.3 Å². The minimum Gasteiger partial charge on any atom is -0.467 e. The standard InChI is InChI=1S/C21H31NO4/c1-25-21(24)19(15-17-9-4-2-5-10-17)22-20(23)13-8-14-26-16-18-11-6-3-7-12-18/h3,6-7,11-12,17,19H,2,4-5,8-10,13-16H2,1H3,(H,22,23)/t19-/m1/s1. The summed E-state index contributed by atoms with van der Waals surface area (Å²) in [6.45, 7) is 1.07. The number of amides is 1. The number of hydrogen-bond donors (Lipinski definition) is 1. The smallest absolute Gasteiger partial charge is 0.328 e. The first-order valence-electron chi connectivity index (χ1n) is 9.68.